The summed E-state index contributed by atoms with van der Waals surface area (Å²) in [6.45, 7) is 6.62. The van der Waals surface area contributed by atoms with Crippen molar-refractivity contribution >= 4 is 17.9 Å². The molecular weight excluding hydrogens is 1010 g/mol. The Hall–Kier alpha value is -2.63. The first-order valence-corrected chi connectivity index (χ1v) is 36.6. The molecule has 0 aliphatic heterocycles. The molecule has 0 spiro atoms. The van der Waals surface area contributed by atoms with E-state index in [1.807, 2.05) is 0 Å². The summed E-state index contributed by atoms with van der Waals surface area (Å²) >= 11 is 0. The van der Waals surface area contributed by atoms with Crippen LogP contribution in [-0.4, -0.2) is 37.2 Å². The molecule has 82 heavy (non-hydrogen) atoms. The molecule has 1 unspecified atom stereocenters. The molecular formula is C76H140O6. The van der Waals surface area contributed by atoms with Crippen LogP contribution in [0.2, 0.25) is 0 Å². The van der Waals surface area contributed by atoms with Crippen LogP contribution in [0.1, 0.15) is 400 Å². The third-order valence-electron chi connectivity index (χ3n) is 16.5. The minimum atomic E-state index is -0.778. The SMILES string of the molecule is CCC/C=C\CCCCCCCC(=O)OCC(COC(=O)CCCCCCCCCCCCCCCCCCCCCCC/C=C\CCCCCCCCCC)OC(=O)CCCCCCCCCCC/C=C\C/C=C\CCCCCCC. The van der Waals surface area contributed by atoms with Crippen molar-refractivity contribution in [3.8, 4) is 0 Å². The van der Waals surface area contributed by atoms with Gasteiger partial charge in [0, 0.05) is 19.3 Å². The van der Waals surface area contributed by atoms with Crippen LogP contribution in [0.4, 0.5) is 0 Å². The molecule has 0 radical (unpaired) electrons. The van der Waals surface area contributed by atoms with Gasteiger partial charge in [-0.15, -0.1) is 0 Å². The van der Waals surface area contributed by atoms with Crippen LogP contribution < -0.4 is 0 Å². The van der Waals surface area contributed by atoms with Crippen molar-refractivity contribution in [2.24, 2.45) is 0 Å². The Morgan fingerprint density at radius 1 is 0.244 bits per heavy atom. The molecule has 0 heterocycles. The van der Waals surface area contributed by atoms with Crippen LogP contribution in [0, 0.1) is 0 Å². The van der Waals surface area contributed by atoms with Gasteiger partial charge in [0.05, 0.1) is 0 Å². The summed E-state index contributed by atoms with van der Waals surface area (Å²) in [5.74, 6) is -0.866. The molecule has 0 aromatic carbocycles. The van der Waals surface area contributed by atoms with Crippen LogP contribution in [0.25, 0.3) is 0 Å². The van der Waals surface area contributed by atoms with Crippen molar-refractivity contribution in [3.05, 3.63) is 48.6 Å². The van der Waals surface area contributed by atoms with Crippen molar-refractivity contribution in [3.63, 3.8) is 0 Å². The number of carbonyl (C=O) groups is 3. The van der Waals surface area contributed by atoms with Crippen LogP contribution in [0.3, 0.4) is 0 Å². The highest BCUT2D eigenvalue weighted by Crippen LogP contribution is 2.18. The Morgan fingerprint density at radius 3 is 0.732 bits per heavy atom. The molecule has 0 amide bonds. The van der Waals surface area contributed by atoms with Crippen LogP contribution in [0.15, 0.2) is 48.6 Å². The highest BCUT2D eigenvalue weighted by molar-refractivity contribution is 5.71. The van der Waals surface area contributed by atoms with Gasteiger partial charge in [0.1, 0.15) is 13.2 Å². The van der Waals surface area contributed by atoms with E-state index in [9.17, 15) is 14.4 Å². The maximum atomic E-state index is 12.9. The molecule has 0 rings (SSSR count). The van der Waals surface area contributed by atoms with Gasteiger partial charge in [-0.25, -0.2) is 0 Å². The quantitative estimate of drug-likeness (QED) is 0.0261. The highest BCUT2D eigenvalue weighted by atomic mass is 16.6. The van der Waals surface area contributed by atoms with Crippen LogP contribution in [0.5, 0.6) is 0 Å². The van der Waals surface area contributed by atoms with Gasteiger partial charge in [-0.1, -0.05) is 333 Å². The predicted octanol–water partition coefficient (Wildman–Crippen LogP) is 25.3. The van der Waals surface area contributed by atoms with Gasteiger partial charge in [0.2, 0.25) is 0 Å². The fourth-order valence-electron chi connectivity index (χ4n) is 11.0. The van der Waals surface area contributed by atoms with Crippen LogP contribution in [-0.2, 0) is 28.6 Å². The van der Waals surface area contributed by atoms with Gasteiger partial charge >= 0.3 is 17.9 Å². The minimum Gasteiger partial charge on any atom is -0.462 e. The molecule has 0 aromatic rings. The lowest BCUT2D eigenvalue weighted by Crippen LogP contribution is -2.30. The highest BCUT2D eigenvalue weighted by Gasteiger charge is 2.19. The van der Waals surface area contributed by atoms with E-state index in [1.165, 1.54) is 283 Å². The first kappa shape index (κ1) is 79.4. The molecule has 6 nitrogen and oxygen atoms in total. The smallest absolute Gasteiger partial charge is 0.306 e. The molecule has 0 aliphatic rings. The molecule has 480 valence electrons. The lowest BCUT2D eigenvalue weighted by Gasteiger charge is -2.18. The third kappa shape index (κ3) is 68.2. The number of unbranched alkanes of at least 4 members (excludes halogenated alkanes) is 49. The number of hydrogen-bond acceptors (Lipinski definition) is 6. The van der Waals surface area contributed by atoms with Crippen LogP contribution >= 0.6 is 0 Å². The molecule has 6 heteroatoms. The van der Waals surface area contributed by atoms with E-state index >= 15 is 0 Å². The van der Waals surface area contributed by atoms with E-state index < -0.39 is 6.10 Å². The lowest BCUT2D eigenvalue weighted by molar-refractivity contribution is -0.167. The summed E-state index contributed by atoms with van der Waals surface area (Å²) in [7, 11) is 0. The van der Waals surface area contributed by atoms with Gasteiger partial charge in [0.25, 0.3) is 0 Å². The average Bonchev–Trinajstić information content (AvgIpc) is 3.47. The van der Waals surface area contributed by atoms with E-state index in [0.717, 1.165) is 77.0 Å². The van der Waals surface area contributed by atoms with Crippen molar-refractivity contribution in [1.29, 1.82) is 0 Å². The van der Waals surface area contributed by atoms with Gasteiger partial charge in [-0.3, -0.25) is 14.4 Å². The lowest BCUT2D eigenvalue weighted by atomic mass is 10.0. The third-order valence-corrected chi connectivity index (χ3v) is 16.5. The Morgan fingerprint density at radius 2 is 0.463 bits per heavy atom. The second-order valence-electron chi connectivity index (χ2n) is 24.8. The van der Waals surface area contributed by atoms with Gasteiger partial charge in [-0.2, -0.15) is 0 Å². The summed E-state index contributed by atoms with van der Waals surface area (Å²) in [6, 6.07) is 0. The topological polar surface area (TPSA) is 78.9 Å². The molecule has 0 saturated heterocycles. The largest absolute Gasteiger partial charge is 0.462 e. The molecule has 0 N–H and O–H groups in total. The molecule has 0 fully saturated rings. The molecule has 1 atom stereocenters. The van der Waals surface area contributed by atoms with E-state index in [2.05, 4.69) is 69.4 Å². The van der Waals surface area contributed by atoms with E-state index in [-0.39, 0.29) is 31.1 Å². The number of rotatable bonds is 68. The second-order valence-corrected chi connectivity index (χ2v) is 24.8. The van der Waals surface area contributed by atoms with Crippen molar-refractivity contribution < 1.29 is 28.6 Å². The molecule has 0 aromatic heterocycles. The van der Waals surface area contributed by atoms with E-state index in [4.69, 9.17) is 14.2 Å². The Labute approximate surface area is 511 Å². The fourth-order valence-corrected chi connectivity index (χ4v) is 11.0. The number of allylic oxidation sites excluding steroid dienone is 8. The fraction of sp³-hybridized carbons (Fsp3) is 0.855. The number of ether oxygens (including phenoxy) is 3. The van der Waals surface area contributed by atoms with E-state index in [0.29, 0.717) is 19.3 Å². The summed E-state index contributed by atoms with van der Waals surface area (Å²) in [5, 5.41) is 0. The first-order chi connectivity index (χ1) is 40.5. The summed E-state index contributed by atoms with van der Waals surface area (Å²) in [5.41, 5.74) is 0. The molecule has 0 bridgehead atoms. The van der Waals surface area contributed by atoms with Crippen molar-refractivity contribution in [2.45, 2.75) is 406 Å². The maximum Gasteiger partial charge on any atom is 0.306 e. The maximum absolute atomic E-state index is 12.9. The van der Waals surface area contributed by atoms with Crippen molar-refractivity contribution in [2.75, 3.05) is 13.2 Å². The standard InChI is InChI=1S/C76H140O6/c1-4-7-10-13-16-19-22-24-26-28-30-32-33-34-35-36-37-38-39-40-41-42-43-45-46-48-50-52-54-57-60-63-66-69-75(78)81-72-73(71-80-74(77)68-65-62-59-56-21-18-15-12-9-6-3)82-76(79)70-67-64-61-58-55-53-51-49-47-44-31-29-27-25-23-20-17-14-11-8-5-2/h12,15,23,25,28-31,73H,4-11,13-14,16-22,24,26-27,32-72H2,1-3H3/b15-12-,25-23-,30-28-,31-29-. The zero-order chi connectivity index (χ0) is 59.2. The second kappa shape index (κ2) is 70.9. The summed E-state index contributed by atoms with van der Waals surface area (Å²) < 4.78 is 16.9. The van der Waals surface area contributed by atoms with Gasteiger partial charge in [-0.05, 0) is 96.3 Å². The number of hydrogen-bond donors (Lipinski definition) is 0. The Kier molecular flexibility index (Phi) is 68.6. The van der Waals surface area contributed by atoms with E-state index in [1.54, 1.807) is 0 Å². The first-order valence-electron chi connectivity index (χ1n) is 36.6. The molecule has 0 saturated carbocycles. The Bertz CT molecular complexity index is 1410. The zero-order valence-electron chi connectivity index (χ0n) is 55.3. The predicted molar refractivity (Wildman–Crippen MR) is 358 cm³/mol. The minimum absolute atomic E-state index is 0.0736. The summed E-state index contributed by atoms with van der Waals surface area (Å²) in [6.07, 6.45) is 90.3. The van der Waals surface area contributed by atoms with Crippen molar-refractivity contribution in [1.82, 2.24) is 0 Å². The summed E-state index contributed by atoms with van der Waals surface area (Å²) in [4.78, 5) is 38.3. The normalized spacial score (nSPS) is 12.3. The number of esters is 3. The zero-order valence-corrected chi connectivity index (χ0v) is 55.3. The molecule has 0 aliphatic carbocycles. The monoisotopic (exact) mass is 1150 g/mol. The average molecular weight is 1150 g/mol. The van der Waals surface area contributed by atoms with Gasteiger partial charge in [0.15, 0.2) is 6.10 Å². The van der Waals surface area contributed by atoms with Gasteiger partial charge < -0.3 is 14.2 Å². The number of carbonyl (C=O) groups excluding carboxylic acids is 3. The Balaban J connectivity index is 4.07.